The number of hydrogen-bond acceptors (Lipinski definition) is 4. The molecule has 0 bridgehead atoms. The summed E-state index contributed by atoms with van der Waals surface area (Å²) in [7, 11) is 0. The van der Waals surface area contributed by atoms with Gasteiger partial charge in [0.05, 0.1) is 12.0 Å². The second kappa shape index (κ2) is 10.5. The summed E-state index contributed by atoms with van der Waals surface area (Å²) >= 11 is 7.44. The van der Waals surface area contributed by atoms with Gasteiger partial charge in [0.1, 0.15) is 12.4 Å². The predicted molar refractivity (Wildman–Crippen MR) is 115 cm³/mol. The summed E-state index contributed by atoms with van der Waals surface area (Å²) in [4.78, 5) is 12.9. The Hall–Kier alpha value is -2.76. The van der Waals surface area contributed by atoms with E-state index in [4.69, 9.17) is 16.3 Å². The summed E-state index contributed by atoms with van der Waals surface area (Å²) in [6.07, 6.45) is 1.60. The first-order valence-corrected chi connectivity index (χ1v) is 10.0. The molecule has 0 aliphatic carbocycles. The maximum Gasteiger partial charge on any atom is 0.250 e. The molecule has 142 valence electrons. The van der Waals surface area contributed by atoms with Gasteiger partial charge < -0.3 is 4.74 Å². The van der Waals surface area contributed by atoms with Crippen LogP contribution in [0.15, 0.2) is 88.9 Å². The summed E-state index contributed by atoms with van der Waals surface area (Å²) in [6, 6.07) is 24.8. The lowest BCUT2D eigenvalue weighted by Crippen LogP contribution is -2.19. The van der Waals surface area contributed by atoms with Crippen molar-refractivity contribution in [1.29, 1.82) is 0 Å². The molecule has 3 aromatic carbocycles. The third-order valence-corrected chi connectivity index (χ3v) is 4.94. The zero-order chi connectivity index (χ0) is 19.6. The molecule has 0 saturated carbocycles. The number of carbonyl (C=O) groups excluding carboxylic acids is 1. The number of carbonyl (C=O) groups is 1. The summed E-state index contributed by atoms with van der Waals surface area (Å²) in [5, 5.41) is 4.68. The van der Waals surface area contributed by atoms with Gasteiger partial charge in [-0.25, -0.2) is 5.43 Å². The summed E-state index contributed by atoms with van der Waals surface area (Å²) in [5.74, 6) is 0.921. The van der Waals surface area contributed by atoms with Gasteiger partial charge in [-0.1, -0.05) is 41.9 Å². The molecular formula is C22H19ClN2O2S. The molecule has 0 aromatic heterocycles. The maximum absolute atomic E-state index is 11.8. The Morgan fingerprint density at radius 3 is 2.57 bits per heavy atom. The first-order valence-electron chi connectivity index (χ1n) is 8.66. The molecule has 0 spiro atoms. The van der Waals surface area contributed by atoms with E-state index in [1.165, 1.54) is 11.8 Å². The van der Waals surface area contributed by atoms with Crippen molar-refractivity contribution in [2.24, 2.45) is 5.10 Å². The van der Waals surface area contributed by atoms with Crippen molar-refractivity contribution in [3.8, 4) is 5.75 Å². The lowest BCUT2D eigenvalue weighted by Gasteiger charge is -2.06. The quantitative estimate of drug-likeness (QED) is 0.317. The molecule has 0 aliphatic heterocycles. The minimum absolute atomic E-state index is 0.147. The highest BCUT2D eigenvalue weighted by Gasteiger charge is 2.01. The molecule has 0 heterocycles. The molecule has 0 atom stereocenters. The van der Waals surface area contributed by atoms with Gasteiger partial charge in [0.15, 0.2) is 0 Å². The Morgan fingerprint density at radius 1 is 1.04 bits per heavy atom. The molecular weight excluding hydrogens is 392 g/mol. The van der Waals surface area contributed by atoms with Gasteiger partial charge in [0, 0.05) is 9.92 Å². The zero-order valence-corrected chi connectivity index (χ0v) is 16.6. The van der Waals surface area contributed by atoms with Crippen LogP contribution >= 0.6 is 23.4 Å². The van der Waals surface area contributed by atoms with E-state index in [0.717, 1.165) is 21.8 Å². The summed E-state index contributed by atoms with van der Waals surface area (Å²) < 4.78 is 5.74. The van der Waals surface area contributed by atoms with E-state index < -0.39 is 0 Å². The maximum atomic E-state index is 11.8. The fourth-order valence-corrected chi connectivity index (χ4v) is 3.24. The van der Waals surface area contributed by atoms with Gasteiger partial charge in [-0.2, -0.15) is 5.10 Å². The van der Waals surface area contributed by atoms with E-state index in [0.29, 0.717) is 17.4 Å². The number of hydrazone groups is 1. The molecule has 4 nitrogen and oxygen atoms in total. The Labute approximate surface area is 173 Å². The van der Waals surface area contributed by atoms with Crippen LogP contribution < -0.4 is 10.2 Å². The topological polar surface area (TPSA) is 50.7 Å². The third kappa shape index (κ3) is 6.76. The van der Waals surface area contributed by atoms with Crippen molar-refractivity contribution in [3.63, 3.8) is 0 Å². The van der Waals surface area contributed by atoms with Gasteiger partial charge in [0.25, 0.3) is 0 Å². The Kier molecular flexibility index (Phi) is 7.53. The Balaban J connectivity index is 1.42. The highest BCUT2D eigenvalue weighted by atomic mass is 35.5. The molecule has 1 N–H and O–H groups in total. The SMILES string of the molecule is O=C(CSc1ccccc1)N/N=C\c1ccc(OCc2cccc(Cl)c2)cc1. The van der Waals surface area contributed by atoms with Crippen molar-refractivity contribution in [1.82, 2.24) is 5.43 Å². The van der Waals surface area contributed by atoms with Crippen LogP contribution in [0.3, 0.4) is 0 Å². The van der Waals surface area contributed by atoms with Crippen LogP contribution in [0.25, 0.3) is 0 Å². The van der Waals surface area contributed by atoms with Crippen molar-refractivity contribution in [2.45, 2.75) is 11.5 Å². The van der Waals surface area contributed by atoms with E-state index in [2.05, 4.69) is 10.5 Å². The van der Waals surface area contributed by atoms with Crippen LogP contribution in [0, 0.1) is 0 Å². The number of ether oxygens (including phenoxy) is 1. The van der Waals surface area contributed by atoms with Gasteiger partial charge in [0.2, 0.25) is 5.91 Å². The Bertz CT molecular complexity index is 931. The van der Waals surface area contributed by atoms with Gasteiger partial charge in [-0.05, 0) is 59.7 Å². The summed E-state index contributed by atoms with van der Waals surface area (Å²) in [5.41, 5.74) is 4.41. The molecule has 28 heavy (non-hydrogen) atoms. The largest absolute Gasteiger partial charge is 0.489 e. The zero-order valence-electron chi connectivity index (χ0n) is 15.0. The van der Waals surface area contributed by atoms with E-state index in [9.17, 15) is 4.79 Å². The van der Waals surface area contributed by atoms with E-state index in [1.54, 1.807) is 6.21 Å². The number of nitrogens with zero attached hydrogens (tertiary/aromatic N) is 1. The molecule has 0 radical (unpaired) electrons. The average molecular weight is 411 g/mol. The van der Waals surface area contributed by atoms with Crippen molar-refractivity contribution in [3.05, 3.63) is 95.0 Å². The number of nitrogens with one attached hydrogen (secondary N) is 1. The smallest absolute Gasteiger partial charge is 0.250 e. The van der Waals surface area contributed by atoms with E-state index in [1.807, 2.05) is 78.9 Å². The van der Waals surface area contributed by atoms with Gasteiger partial charge >= 0.3 is 0 Å². The van der Waals surface area contributed by atoms with Gasteiger partial charge in [-0.3, -0.25) is 4.79 Å². The molecule has 3 rings (SSSR count). The van der Waals surface area contributed by atoms with Crippen LogP contribution in [0.2, 0.25) is 5.02 Å². The van der Waals surface area contributed by atoms with Crippen LogP contribution in [-0.2, 0) is 11.4 Å². The van der Waals surface area contributed by atoms with Crippen LogP contribution in [0.5, 0.6) is 5.75 Å². The van der Waals surface area contributed by atoms with E-state index >= 15 is 0 Å². The second-order valence-electron chi connectivity index (χ2n) is 5.88. The highest BCUT2D eigenvalue weighted by Crippen LogP contribution is 2.17. The number of halogens is 1. The van der Waals surface area contributed by atoms with Crippen molar-refractivity contribution < 1.29 is 9.53 Å². The molecule has 0 fully saturated rings. The fourth-order valence-electron chi connectivity index (χ4n) is 2.32. The monoisotopic (exact) mass is 410 g/mol. The molecule has 6 heteroatoms. The van der Waals surface area contributed by atoms with Gasteiger partial charge in [-0.15, -0.1) is 11.8 Å². The number of benzene rings is 3. The number of thioether (sulfide) groups is 1. The predicted octanol–water partition coefficient (Wildman–Crippen LogP) is 5.16. The lowest BCUT2D eigenvalue weighted by molar-refractivity contribution is -0.118. The highest BCUT2D eigenvalue weighted by molar-refractivity contribution is 8.00. The van der Waals surface area contributed by atoms with Crippen LogP contribution in [-0.4, -0.2) is 17.9 Å². The molecule has 0 aliphatic rings. The third-order valence-electron chi connectivity index (χ3n) is 3.69. The average Bonchev–Trinajstić information content (AvgIpc) is 2.72. The minimum atomic E-state index is -0.147. The molecule has 3 aromatic rings. The fraction of sp³-hybridized carbons (Fsp3) is 0.0909. The van der Waals surface area contributed by atoms with Crippen LogP contribution in [0.1, 0.15) is 11.1 Å². The van der Waals surface area contributed by atoms with Crippen molar-refractivity contribution in [2.75, 3.05) is 5.75 Å². The first-order chi connectivity index (χ1) is 13.7. The number of rotatable bonds is 8. The Morgan fingerprint density at radius 2 is 1.82 bits per heavy atom. The molecule has 1 amide bonds. The number of hydrogen-bond donors (Lipinski definition) is 1. The van der Waals surface area contributed by atoms with Crippen molar-refractivity contribution >= 4 is 35.5 Å². The molecule has 0 saturated heterocycles. The van der Waals surface area contributed by atoms with Crippen LogP contribution in [0.4, 0.5) is 0 Å². The second-order valence-corrected chi connectivity index (χ2v) is 7.37. The molecule has 0 unspecified atom stereocenters. The minimum Gasteiger partial charge on any atom is -0.489 e. The normalized spacial score (nSPS) is 10.8. The van der Waals surface area contributed by atoms with E-state index in [-0.39, 0.29) is 5.91 Å². The number of amides is 1. The standard InChI is InChI=1S/C22H19ClN2O2S/c23-19-6-4-5-18(13-19)15-27-20-11-9-17(10-12-20)14-24-25-22(26)16-28-21-7-2-1-3-8-21/h1-14H,15-16H2,(H,25,26)/b24-14-. The first kappa shape index (κ1) is 20.0. The lowest BCUT2D eigenvalue weighted by atomic mass is 10.2. The summed E-state index contributed by atoms with van der Waals surface area (Å²) in [6.45, 7) is 0.448.